The number of hydroxylamine groups is 1. The molecule has 0 N–H and O–H groups in total. The summed E-state index contributed by atoms with van der Waals surface area (Å²) in [6.45, 7) is 4.02. The second-order valence-electron chi connectivity index (χ2n) is 5.14. The largest absolute Gasteiger partial charge is 0.294 e. The lowest BCUT2D eigenvalue weighted by molar-refractivity contribution is 0.258. The van der Waals surface area contributed by atoms with Crippen LogP contribution in [0.3, 0.4) is 0 Å². The van der Waals surface area contributed by atoms with Crippen molar-refractivity contribution in [2.24, 2.45) is 0 Å². The van der Waals surface area contributed by atoms with Gasteiger partial charge in [0, 0.05) is 10.6 Å². The molecule has 0 spiro atoms. The molecule has 3 rings (SSSR count). The Morgan fingerprint density at radius 3 is 1.80 bits per heavy atom. The van der Waals surface area contributed by atoms with E-state index in [0.29, 0.717) is 0 Å². The summed E-state index contributed by atoms with van der Waals surface area (Å²) in [7, 11) is -2.91. The Labute approximate surface area is 119 Å². The lowest BCUT2D eigenvalue weighted by Gasteiger charge is -2.19. The van der Waals surface area contributed by atoms with Crippen molar-refractivity contribution in [3.8, 4) is 0 Å². The number of hydrogen-bond donors (Lipinski definition) is 0. The third kappa shape index (κ3) is 2.03. The normalized spacial score (nSPS) is 25.4. The van der Waals surface area contributed by atoms with Crippen molar-refractivity contribution in [3.05, 3.63) is 60.7 Å². The van der Waals surface area contributed by atoms with Gasteiger partial charge in [-0.25, -0.2) is 0 Å². The van der Waals surface area contributed by atoms with Crippen molar-refractivity contribution >= 4 is 17.9 Å². The van der Waals surface area contributed by atoms with E-state index in [1.165, 1.54) is 0 Å². The van der Waals surface area contributed by atoms with Crippen LogP contribution in [0.1, 0.15) is 20.3 Å². The second kappa shape index (κ2) is 4.85. The number of benzene rings is 2. The molecular formula is C16H18NO2P. The van der Waals surface area contributed by atoms with Crippen molar-refractivity contribution < 1.29 is 9.40 Å². The minimum atomic E-state index is -2.91. The summed E-state index contributed by atoms with van der Waals surface area (Å²) in [6, 6.07) is 19.2. The van der Waals surface area contributed by atoms with E-state index in [0.717, 1.165) is 17.0 Å². The highest BCUT2D eigenvalue weighted by Crippen LogP contribution is 2.61. The Morgan fingerprint density at radius 1 is 1.00 bits per heavy atom. The van der Waals surface area contributed by atoms with Gasteiger partial charge in [-0.15, -0.1) is 0 Å². The third-order valence-electron chi connectivity index (χ3n) is 3.78. The van der Waals surface area contributed by atoms with Crippen LogP contribution in [0.25, 0.3) is 0 Å². The lowest BCUT2D eigenvalue weighted by Crippen LogP contribution is -2.25. The van der Waals surface area contributed by atoms with Gasteiger partial charge < -0.3 is 0 Å². The summed E-state index contributed by atoms with van der Waals surface area (Å²) in [5.41, 5.74) is -0.429. The number of nitrogens with zero attached hydrogens (tertiary/aromatic N) is 1. The van der Waals surface area contributed by atoms with Gasteiger partial charge in [0.25, 0.3) is 0 Å². The van der Waals surface area contributed by atoms with Crippen LogP contribution in [0.15, 0.2) is 60.7 Å². The first-order valence-electron chi connectivity index (χ1n) is 6.82. The van der Waals surface area contributed by atoms with Crippen molar-refractivity contribution in [2.75, 3.05) is 0 Å². The highest BCUT2D eigenvalue weighted by Gasteiger charge is 2.60. The fourth-order valence-corrected chi connectivity index (χ4v) is 5.24. The maximum absolute atomic E-state index is 13.8. The molecule has 1 aliphatic rings. The maximum Gasteiger partial charge on any atom is 0.232 e. The smallest absolute Gasteiger partial charge is 0.232 e. The van der Waals surface area contributed by atoms with Crippen LogP contribution < -0.4 is 10.6 Å². The van der Waals surface area contributed by atoms with Gasteiger partial charge >= 0.3 is 0 Å². The van der Waals surface area contributed by atoms with Gasteiger partial charge in [-0.3, -0.25) is 9.40 Å². The monoisotopic (exact) mass is 287 g/mol. The molecule has 0 saturated carbocycles. The van der Waals surface area contributed by atoms with E-state index in [9.17, 15) is 4.57 Å². The Kier molecular flexibility index (Phi) is 3.29. The average Bonchev–Trinajstić information content (AvgIpc) is 3.21. The standard InChI is InChI=1S/C16H18NO2P/c1-3-16(2)17(19-16)20(18,14-10-6-4-7-11-14)15-12-8-5-9-13-15/h4-13H,3H2,1-2H3. The Hall–Kier alpha value is -1.41. The zero-order chi connectivity index (χ0) is 14.2. The van der Waals surface area contributed by atoms with Crippen LogP contribution in [0.5, 0.6) is 0 Å². The molecule has 104 valence electrons. The lowest BCUT2D eigenvalue weighted by atomic mass is 10.2. The predicted molar refractivity (Wildman–Crippen MR) is 81.4 cm³/mol. The fraction of sp³-hybridized carbons (Fsp3) is 0.250. The van der Waals surface area contributed by atoms with E-state index in [1.807, 2.05) is 74.5 Å². The molecule has 0 bridgehead atoms. The molecule has 2 unspecified atom stereocenters. The first kappa shape index (κ1) is 13.6. The minimum Gasteiger partial charge on any atom is -0.294 e. The summed E-state index contributed by atoms with van der Waals surface area (Å²) in [5.74, 6) is 0. The second-order valence-corrected chi connectivity index (χ2v) is 7.69. The topological polar surface area (TPSA) is 32.6 Å². The van der Waals surface area contributed by atoms with Crippen LogP contribution in [0.2, 0.25) is 0 Å². The molecule has 0 aromatic heterocycles. The zero-order valence-electron chi connectivity index (χ0n) is 11.7. The molecule has 0 radical (unpaired) electrons. The summed E-state index contributed by atoms with van der Waals surface area (Å²) < 4.78 is 13.8. The molecule has 2 aromatic rings. The molecule has 2 aromatic carbocycles. The molecule has 0 amide bonds. The maximum atomic E-state index is 13.8. The summed E-state index contributed by atoms with van der Waals surface area (Å²) >= 11 is 0. The fourth-order valence-electron chi connectivity index (χ4n) is 2.34. The first-order chi connectivity index (χ1) is 9.61. The van der Waals surface area contributed by atoms with Crippen molar-refractivity contribution in [3.63, 3.8) is 0 Å². The summed E-state index contributed by atoms with van der Waals surface area (Å²) in [4.78, 5) is 7.38. The minimum absolute atomic E-state index is 0.429. The van der Waals surface area contributed by atoms with Crippen molar-refractivity contribution in [2.45, 2.75) is 26.0 Å². The third-order valence-corrected chi connectivity index (χ3v) is 6.79. The summed E-state index contributed by atoms with van der Waals surface area (Å²) in [6.07, 6.45) is 0.802. The first-order valence-corrected chi connectivity index (χ1v) is 8.48. The van der Waals surface area contributed by atoms with Gasteiger partial charge in [0.15, 0.2) is 5.72 Å². The van der Waals surface area contributed by atoms with Crippen LogP contribution in [0, 0.1) is 0 Å². The van der Waals surface area contributed by atoms with Crippen LogP contribution in [-0.4, -0.2) is 10.6 Å². The SMILES string of the molecule is CCC1(C)ON1P(=O)(c1ccccc1)c1ccccc1. The quantitative estimate of drug-likeness (QED) is 0.639. The van der Waals surface area contributed by atoms with Gasteiger partial charge in [0.05, 0.1) is 0 Å². The van der Waals surface area contributed by atoms with Gasteiger partial charge in [0.2, 0.25) is 7.29 Å². The zero-order valence-corrected chi connectivity index (χ0v) is 12.6. The molecule has 2 atom stereocenters. The van der Waals surface area contributed by atoms with Crippen LogP contribution >= 0.6 is 7.29 Å². The molecule has 1 heterocycles. The number of rotatable bonds is 4. The van der Waals surface area contributed by atoms with Gasteiger partial charge in [-0.2, -0.15) is 0 Å². The molecule has 20 heavy (non-hydrogen) atoms. The van der Waals surface area contributed by atoms with E-state index in [2.05, 4.69) is 0 Å². The Morgan fingerprint density at radius 2 is 1.45 bits per heavy atom. The highest BCUT2D eigenvalue weighted by molar-refractivity contribution is 7.76. The van der Waals surface area contributed by atoms with Gasteiger partial charge in [-0.05, 0) is 37.6 Å². The molecular weight excluding hydrogens is 269 g/mol. The van der Waals surface area contributed by atoms with E-state index in [-0.39, 0.29) is 0 Å². The van der Waals surface area contributed by atoms with Gasteiger partial charge in [0.1, 0.15) is 0 Å². The molecule has 3 nitrogen and oxygen atoms in total. The molecule has 1 saturated heterocycles. The van der Waals surface area contributed by atoms with Crippen LogP contribution in [0.4, 0.5) is 0 Å². The van der Waals surface area contributed by atoms with E-state index < -0.39 is 13.0 Å². The molecule has 4 heteroatoms. The Bertz CT molecular complexity index is 601. The summed E-state index contributed by atoms with van der Waals surface area (Å²) in [5, 5.41) is 1.62. The average molecular weight is 287 g/mol. The molecule has 1 fully saturated rings. The van der Waals surface area contributed by atoms with Gasteiger partial charge in [-0.1, -0.05) is 48.2 Å². The van der Waals surface area contributed by atoms with E-state index >= 15 is 0 Å². The van der Waals surface area contributed by atoms with Crippen LogP contribution in [-0.2, 0) is 9.40 Å². The highest BCUT2D eigenvalue weighted by atomic mass is 31.2. The molecule has 0 aliphatic carbocycles. The van der Waals surface area contributed by atoms with E-state index in [4.69, 9.17) is 4.84 Å². The Balaban J connectivity index is 2.13. The van der Waals surface area contributed by atoms with E-state index in [1.54, 1.807) is 4.83 Å². The van der Waals surface area contributed by atoms with Crippen molar-refractivity contribution in [1.29, 1.82) is 0 Å². The van der Waals surface area contributed by atoms with Crippen molar-refractivity contribution in [1.82, 2.24) is 4.83 Å². The number of hydrogen-bond acceptors (Lipinski definition) is 2. The predicted octanol–water partition coefficient (Wildman–Crippen LogP) is 3.29. The molecule has 1 aliphatic heterocycles.